The quantitative estimate of drug-likeness (QED) is 0.911. The maximum atomic E-state index is 12.2. The fourth-order valence-electron chi connectivity index (χ4n) is 1.85. The number of fused-ring (bicyclic) bond motifs is 1. The minimum Gasteiger partial charge on any atom is -0.480 e. The van der Waals surface area contributed by atoms with Gasteiger partial charge in [0.15, 0.2) is 0 Å². The topological polar surface area (TPSA) is 66.4 Å². The van der Waals surface area contributed by atoms with Gasteiger partial charge < -0.3 is 10.4 Å². The molecule has 1 aromatic carbocycles. The summed E-state index contributed by atoms with van der Waals surface area (Å²) < 4.78 is 37.5. The van der Waals surface area contributed by atoms with Crippen LogP contribution in [0.3, 0.4) is 0 Å². The number of carboxylic acids is 1. The molecule has 112 valence electrons. The van der Waals surface area contributed by atoms with Gasteiger partial charge in [-0.2, -0.15) is 13.2 Å². The van der Waals surface area contributed by atoms with Crippen LogP contribution < -0.4 is 5.32 Å². The van der Waals surface area contributed by atoms with Crippen LogP contribution in [0.4, 0.5) is 13.2 Å². The number of aliphatic carboxylic acids is 1. The van der Waals surface area contributed by atoms with Crippen molar-refractivity contribution in [1.82, 2.24) is 5.32 Å². The van der Waals surface area contributed by atoms with E-state index in [2.05, 4.69) is 0 Å². The van der Waals surface area contributed by atoms with Crippen molar-refractivity contribution in [2.75, 3.05) is 0 Å². The van der Waals surface area contributed by atoms with E-state index in [9.17, 15) is 22.8 Å². The Kier molecular flexibility index (Phi) is 4.17. The fourth-order valence-corrected chi connectivity index (χ4v) is 2.83. The highest BCUT2D eigenvalue weighted by molar-refractivity contribution is 7.17. The molecule has 1 atom stereocenters. The fraction of sp³-hybridized carbons (Fsp3) is 0.231. The first-order valence-corrected chi connectivity index (χ1v) is 6.72. The van der Waals surface area contributed by atoms with E-state index in [4.69, 9.17) is 5.11 Å². The summed E-state index contributed by atoms with van der Waals surface area (Å²) in [7, 11) is 0. The van der Waals surface area contributed by atoms with Gasteiger partial charge in [-0.3, -0.25) is 4.79 Å². The highest BCUT2D eigenvalue weighted by Crippen LogP contribution is 2.26. The molecule has 21 heavy (non-hydrogen) atoms. The summed E-state index contributed by atoms with van der Waals surface area (Å²) in [6.07, 6.45) is -5.31. The minimum atomic E-state index is -5.11. The second-order valence-corrected chi connectivity index (χ2v) is 5.23. The largest absolute Gasteiger partial charge is 0.480 e. The van der Waals surface area contributed by atoms with Gasteiger partial charge in [0.25, 0.3) is 0 Å². The van der Waals surface area contributed by atoms with Gasteiger partial charge in [-0.15, -0.1) is 11.3 Å². The molecule has 1 unspecified atom stereocenters. The third kappa shape index (κ3) is 3.52. The van der Waals surface area contributed by atoms with Gasteiger partial charge >= 0.3 is 18.1 Å². The predicted octanol–water partition coefficient (Wildman–Crippen LogP) is 2.58. The number of carbonyl (C=O) groups is 2. The number of hydrogen-bond acceptors (Lipinski definition) is 3. The molecule has 0 aliphatic heterocycles. The van der Waals surface area contributed by atoms with Crippen LogP contribution in [0.1, 0.15) is 5.56 Å². The van der Waals surface area contributed by atoms with Gasteiger partial charge in [-0.05, 0) is 22.4 Å². The molecule has 0 saturated carbocycles. The molecule has 0 saturated heterocycles. The van der Waals surface area contributed by atoms with Crippen molar-refractivity contribution in [2.24, 2.45) is 0 Å². The molecule has 2 N–H and O–H groups in total. The number of carbonyl (C=O) groups excluding carboxylic acids is 1. The normalized spacial score (nSPS) is 13.1. The van der Waals surface area contributed by atoms with Crippen molar-refractivity contribution in [3.05, 3.63) is 35.2 Å². The van der Waals surface area contributed by atoms with E-state index in [0.717, 1.165) is 10.1 Å². The lowest BCUT2D eigenvalue weighted by molar-refractivity contribution is -0.175. The summed E-state index contributed by atoms with van der Waals surface area (Å²) in [5.41, 5.74) is 0.588. The number of halogens is 3. The van der Waals surface area contributed by atoms with E-state index >= 15 is 0 Å². The SMILES string of the molecule is O=C(O)C(Cc1csc2ccccc12)NC(=O)C(F)(F)F. The van der Waals surface area contributed by atoms with E-state index in [1.807, 2.05) is 12.1 Å². The molecule has 0 spiro atoms. The zero-order valence-electron chi connectivity index (χ0n) is 10.5. The molecule has 1 aromatic heterocycles. The Labute approximate surface area is 121 Å². The maximum Gasteiger partial charge on any atom is 0.471 e. The van der Waals surface area contributed by atoms with E-state index in [1.54, 1.807) is 17.5 Å². The average Bonchev–Trinajstić information content (AvgIpc) is 2.80. The Morgan fingerprint density at radius 3 is 2.57 bits per heavy atom. The van der Waals surface area contributed by atoms with Crippen LogP contribution in [0.15, 0.2) is 29.6 Å². The third-order valence-electron chi connectivity index (χ3n) is 2.85. The van der Waals surface area contributed by atoms with Crippen molar-refractivity contribution >= 4 is 33.3 Å². The lowest BCUT2D eigenvalue weighted by Gasteiger charge is -2.15. The Bertz CT molecular complexity index is 681. The van der Waals surface area contributed by atoms with Gasteiger partial charge in [-0.1, -0.05) is 18.2 Å². The Balaban J connectivity index is 2.21. The predicted molar refractivity (Wildman–Crippen MR) is 71.2 cm³/mol. The van der Waals surface area contributed by atoms with Crippen LogP contribution in [-0.2, 0) is 16.0 Å². The number of alkyl halides is 3. The van der Waals surface area contributed by atoms with Gasteiger partial charge in [0, 0.05) is 11.1 Å². The standard InChI is InChI=1S/C13H10F3NO3S/c14-13(15,16)12(20)17-9(11(18)19)5-7-6-21-10-4-2-1-3-8(7)10/h1-4,6,9H,5H2,(H,17,20)(H,18,19). The van der Waals surface area contributed by atoms with E-state index in [-0.39, 0.29) is 6.42 Å². The number of benzene rings is 1. The second kappa shape index (κ2) is 5.72. The van der Waals surface area contributed by atoms with Crippen molar-refractivity contribution < 1.29 is 27.9 Å². The number of carboxylic acid groups (broad SMARTS) is 1. The summed E-state index contributed by atoms with van der Waals surface area (Å²) >= 11 is 1.36. The first-order valence-electron chi connectivity index (χ1n) is 5.84. The van der Waals surface area contributed by atoms with Crippen molar-refractivity contribution in [2.45, 2.75) is 18.6 Å². The maximum absolute atomic E-state index is 12.2. The molecule has 2 aromatic rings. The molecular formula is C13H10F3NO3S. The molecule has 1 heterocycles. The van der Waals surface area contributed by atoms with Crippen molar-refractivity contribution in [1.29, 1.82) is 0 Å². The van der Waals surface area contributed by atoms with Crippen LogP contribution in [0, 0.1) is 0 Å². The number of thiophene rings is 1. The van der Waals surface area contributed by atoms with Crippen LogP contribution in [0.2, 0.25) is 0 Å². The minimum absolute atomic E-state index is 0.207. The van der Waals surface area contributed by atoms with Crippen LogP contribution in [-0.4, -0.2) is 29.2 Å². The number of amides is 1. The van der Waals surface area contributed by atoms with Crippen molar-refractivity contribution in [3.8, 4) is 0 Å². The molecule has 0 aliphatic rings. The summed E-state index contributed by atoms with van der Waals surface area (Å²) in [5, 5.41) is 12.9. The Hall–Kier alpha value is -2.09. The summed E-state index contributed by atoms with van der Waals surface area (Å²) in [5.74, 6) is -3.77. The molecule has 0 fully saturated rings. The number of nitrogens with one attached hydrogen (secondary N) is 1. The van der Waals surface area contributed by atoms with E-state index in [1.165, 1.54) is 16.7 Å². The highest BCUT2D eigenvalue weighted by Gasteiger charge is 2.40. The Morgan fingerprint density at radius 2 is 1.95 bits per heavy atom. The van der Waals surface area contributed by atoms with Crippen LogP contribution in [0.25, 0.3) is 10.1 Å². The Morgan fingerprint density at radius 1 is 1.29 bits per heavy atom. The average molecular weight is 317 g/mol. The molecule has 0 bridgehead atoms. The second-order valence-electron chi connectivity index (χ2n) is 4.32. The van der Waals surface area contributed by atoms with Gasteiger partial charge in [0.05, 0.1) is 0 Å². The molecule has 1 amide bonds. The smallest absolute Gasteiger partial charge is 0.471 e. The van der Waals surface area contributed by atoms with Gasteiger partial charge in [0.1, 0.15) is 6.04 Å². The zero-order valence-corrected chi connectivity index (χ0v) is 11.3. The first-order chi connectivity index (χ1) is 9.79. The van der Waals surface area contributed by atoms with Gasteiger partial charge in [0.2, 0.25) is 0 Å². The van der Waals surface area contributed by atoms with Crippen LogP contribution in [0.5, 0.6) is 0 Å². The van der Waals surface area contributed by atoms with Crippen molar-refractivity contribution in [3.63, 3.8) is 0 Å². The molecule has 4 nitrogen and oxygen atoms in total. The molecule has 2 rings (SSSR count). The number of hydrogen-bond donors (Lipinski definition) is 2. The lowest BCUT2D eigenvalue weighted by Crippen LogP contribution is -2.47. The van der Waals surface area contributed by atoms with E-state index < -0.39 is 24.1 Å². The molecule has 8 heteroatoms. The summed E-state index contributed by atoms with van der Waals surface area (Å²) in [6.45, 7) is 0. The van der Waals surface area contributed by atoms with Crippen LogP contribution >= 0.6 is 11.3 Å². The molecule has 0 aliphatic carbocycles. The molecule has 0 radical (unpaired) electrons. The summed E-state index contributed by atoms with van der Waals surface area (Å²) in [4.78, 5) is 21.9. The zero-order chi connectivity index (χ0) is 15.6. The summed E-state index contributed by atoms with van der Waals surface area (Å²) in [6, 6.07) is 5.52. The first kappa shape index (κ1) is 15.3. The van der Waals surface area contributed by atoms with Gasteiger partial charge in [-0.25, -0.2) is 4.79 Å². The van der Waals surface area contributed by atoms with E-state index in [0.29, 0.717) is 5.56 Å². The molecular weight excluding hydrogens is 307 g/mol. The monoisotopic (exact) mass is 317 g/mol. The lowest BCUT2D eigenvalue weighted by atomic mass is 10.0. The third-order valence-corrected chi connectivity index (χ3v) is 3.86. The highest BCUT2D eigenvalue weighted by atomic mass is 32.1. The number of rotatable bonds is 4.